The summed E-state index contributed by atoms with van der Waals surface area (Å²) in [6.07, 6.45) is 3.24. The van der Waals surface area contributed by atoms with E-state index >= 15 is 0 Å². The number of benzene rings is 1. The Kier molecular flexibility index (Phi) is 4.27. The molecule has 0 atom stereocenters. The molecule has 7 heteroatoms. The number of nitriles is 1. The molecule has 0 aliphatic carbocycles. The average Bonchev–Trinajstić information content (AvgIpc) is 3.03. The molecule has 1 amide bonds. The number of carbonyl (C=O) groups is 1. The van der Waals surface area contributed by atoms with Crippen LogP contribution < -0.4 is 10.1 Å². The molecule has 112 valence electrons. The highest BCUT2D eigenvalue weighted by Crippen LogP contribution is 2.22. The van der Waals surface area contributed by atoms with Crippen molar-refractivity contribution in [2.24, 2.45) is 0 Å². The summed E-state index contributed by atoms with van der Waals surface area (Å²) in [5.74, 6) is 0.798. The van der Waals surface area contributed by atoms with Crippen LogP contribution in [-0.2, 0) is 0 Å². The Hall–Kier alpha value is -3.24. The Morgan fingerprint density at radius 3 is 2.87 bits per heavy atom. The number of amides is 1. The van der Waals surface area contributed by atoms with E-state index in [9.17, 15) is 4.79 Å². The summed E-state index contributed by atoms with van der Waals surface area (Å²) in [7, 11) is 0. The summed E-state index contributed by atoms with van der Waals surface area (Å²) >= 11 is 1.20. The van der Waals surface area contributed by atoms with Gasteiger partial charge in [0.25, 0.3) is 5.91 Å². The van der Waals surface area contributed by atoms with Crippen LogP contribution in [0.3, 0.4) is 0 Å². The van der Waals surface area contributed by atoms with Crippen LogP contribution >= 0.6 is 11.3 Å². The van der Waals surface area contributed by atoms with Crippen molar-refractivity contribution >= 4 is 22.4 Å². The van der Waals surface area contributed by atoms with Gasteiger partial charge in [-0.3, -0.25) is 15.1 Å². The number of nitrogens with one attached hydrogen (secondary N) is 1. The first-order valence-corrected chi connectivity index (χ1v) is 7.47. The lowest BCUT2D eigenvalue weighted by molar-refractivity contribution is 0.102. The third-order valence-electron chi connectivity index (χ3n) is 2.81. The molecule has 0 spiro atoms. The minimum atomic E-state index is -0.319. The summed E-state index contributed by atoms with van der Waals surface area (Å²) in [5.41, 5.74) is 0.707. The number of thiazole rings is 1. The van der Waals surface area contributed by atoms with Crippen molar-refractivity contribution in [1.82, 2.24) is 9.97 Å². The zero-order chi connectivity index (χ0) is 16.1. The Labute approximate surface area is 136 Å². The van der Waals surface area contributed by atoms with Gasteiger partial charge in [-0.1, -0.05) is 6.07 Å². The summed E-state index contributed by atoms with van der Waals surface area (Å²) in [6, 6.07) is 12.2. The molecule has 0 unspecified atom stereocenters. The molecule has 1 N–H and O–H groups in total. The lowest BCUT2D eigenvalue weighted by Crippen LogP contribution is -2.11. The van der Waals surface area contributed by atoms with Gasteiger partial charge in [0, 0.05) is 17.1 Å². The molecule has 2 heterocycles. The highest BCUT2D eigenvalue weighted by Gasteiger charge is 2.10. The van der Waals surface area contributed by atoms with E-state index in [1.165, 1.54) is 11.3 Å². The van der Waals surface area contributed by atoms with Gasteiger partial charge in [-0.05, 0) is 30.3 Å². The molecule has 1 aromatic carbocycles. The van der Waals surface area contributed by atoms with Crippen LogP contribution in [0, 0.1) is 11.3 Å². The zero-order valence-electron chi connectivity index (χ0n) is 11.8. The lowest BCUT2D eigenvalue weighted by Gasteiger charge is -2.07. The van der Waals surface area contributed by atoms with Crippen molar-refractivity contribution in [3.05, 3.63) is 65.4 Å². The van der Waals surface area contributed by atoms with Gasteiger partial charge in [-0.15, -0.1) is 11.3 Å². The minimum Gasteiger partial charge on any atom is -0.456 e. The van der Waals surface area contributed by atoms with Crippen LogP contribution in [0.2, 0.25) is 0 Å². The van der Waals surface area contributed by atoms with Crippen molar-refractivity contribution in [3.8, 4) is 17.6 Å². The maximum absolute atomic E-state index is 12.2. The Balaban J connectivity index is 1.74. The van der Waals surface area contributed by atoms with E-state index in [2.05, 4.69) is 15.3 Å². The highest BCUT2D eigenvalue weighted by molar-refractivity contribution is 7.14. The van der Waals surface area contributed by atoms with Gasteiger partial charge in [0.05, 0.1) is 6.20 Å². The van der Waals surface area contributed by atoms with E-state index in [-0.39, 0.29) is 11.6 Å². The molecule has 0 saturated carbocycles. The molecule has 2 aromatic heterocycles. The summed E-state index contributed by atoms with van der Waals surface area (Å²) < 4.78 is 5.64. The van der Waals surface area contributed by atoms with Crippen LogP contribution in [0.5, 0.6) is 11.5 Å². The number of carbonyl (C=O) groups excluding carboxylic acids is 1. The zero-order valence-corrected chi connectivity index (χ0v) is 12.6. The predicted octanol–water partition coefficient (Wildman–Crippen LogP) is 3.45. The summed E-state index contributed by atoms with van der Waals surface area (Å²) in [5, 5.41) is 13.4. The molecule has 3 rings (SSSR count). The van der Waals surface area contributed by atoms with Crippen LogP contribution in [0.25, 0.3) is 0 Å². The average molecular weight is 322 g/mol. The quantitative estimate of drug-likeness (QED) is 0.794. The minimum absolute atomic E-state index is 0.277. The van der Waals surface area contributed by atoms with E-state index in [1.54, 1.807) is 54.2 Å². The number of anilines is 1. The summed E-state index contributed by atoms with van der Waals surface area (Å²) in [6.45, 7) is 0. The predicted molar refractivity (Wildman–Crippen MR) is 85.5 cm³/mol. The van der Waals surface area contributed by atoms with E-state index in [1.807, 2.05) is 6.07 Å². The molecular formula is C16H10N4O2S. The summed E-state index contributed by atoms with van der Waals surface area (Å²) in [4.78, 5) is 20.2. The number of hydrogen-bond acceptors (Lipinski definition) is 6. The molecule has 0 radical (unpaired) electrons. The van der Waals surface area contributed by atoms with Gasteiger partial charge in [-0.2, -0.15) is 5.26 Å². The number of aromatic nitrogens is 2. The van der Waals surface area contributed by atoms with E-state index in [0.29, 0.717) is 22.2 Å². The van der Waals surface area contributed by atoms with Crippen LogP contribution in [0.4, 0.5) is 5.13 Å². The van der Waals surface area contributed by atoms with Gasteiger partial charge in [0.1, 0.15) is 17.6 Å². The fraction of sp³-hybridized carbons (Fsp3) is 0. The molecular weight excluding hydrogens is 312 g/mol. The lowest BCUT2D eigenvalue weighted by atomic mass is 10.2. The smallest absolute Gasteiger partial charge is 0.257 e. The van der Waals surface area contributed by atoms with Gasteiger partial charge < -0.3 is 4.74 Å². The molecule has 23 heavy (non-hydrogen) atoms. The molecule has 0 saturated heterocycles. The first-order chi connectivity index (χ1) is 11.2. The fourth-order valence-corrected chi connectivity index (χ4v) is 2.43. The maximum atomic E-state index is 12.2. The Bertz CT molecular complexity index is 871. The topological polar surface area (TPSA) is 87.9 Å². The third kappa shape index (κ3) is 3.70. The van der Waals surface area contributed by atoms with Crippen molar-refractivity contribution < 1.29 is 9.53 Å². The molecule has 0 aliphatic heterocycles. The largest absolute Gasteiger partial charge is 0.456 e. The van der Waals surface area contributed by atoms with E-state index < -0.39 is 0 Å². The second kappa shape index (κ2) is 6.68. The maximum Gasteiger partial charge on any atom is 0.257 e. The number of hydrogen-bond donors (Lipinski definition) is 1. The number of nitrogens with zero attached hydrogens (tertiary/aromatic N) is 3. The van der Waals surface area contributed by atoms with Crippen LogP contribution in [0.15, 0.2) is 54.2 Å². The van der Waals surface area contributed by atoms with Crippen molar-refractivity contribution in [2.75, 3.05) is 5.32 Å². The number of pyridine rings is 1. The first kappa shape index (κ1) is 14.7. The highest BCUT2D eigenvalue weighted by atomic mass is 32.1. The van der Waals surface area contributed by atoms with Crippen molar-refractivity contribution in [3.63, 3.8) is 0 Å². The molecule has 0 bridgehead atoms. The Morgan fingerprint density at radius 1 is 1.26 bits per heavy atom. The molecule has 6 nitrogen and oxygen atoms in total. The SMILES string of the molecule is N#Cc1csc(NC(=O)c2cccc(Oc3cccnc3)c2)n1. The monoisotopic (exact) mass is 322 g/mol. The second-order valence-electron chi connectivity index (χ2n) is 4.42. The van der Waals surface area contributed by atoms with Gasteiger partial charge >= 0.3 is 0 Å². The van der Waals surface area contributed by atoms with Gasteiger partial charge in [-0.25, -0.2) is 4.98 Å². The molecule has 3 aromatic rings. The standard InChI is InChI=1S/C16H10N4O2S/c17-8-12-10-23-16(19-12)20-15(21)11-3-1-4-13(7-11)22-14-5-2-6-18-9-14/h1-7,9-10H,(H,19,20,21). The van der Waals surface area contributed by atoms with Crippen LogP contribution in [-0.4, -0.2) is 15.9 Å². The Morgan fingerprint density at radius 2 is 2.13 bits per heavy atom. The van der Waals surface area contributed by atoms with Crippen LogP contribution in [0.1, 0.15) is 16.1 Å². The van der Waals surface area contributed by atoms with Gasteiger partial charge in [0.2, 0.25) is 0 Å². The van der Waals surface area contributed by atoms with Crippen molar-refractivity contribution in [1.29, 1.82) is 5.26 Å². The molecule has 0 aliphatic rings. The fourth-order valence-electron chi connectivity index (χ4n) is 1.80. The normalized spacial score (nSPS) is 9.87. The van der Waals surface area contributed by atoms with Crippen molar-refractivity contribution in [2.45, 2.75) is 0 Å². The van der Waals surface area contributed by atoms with Gasteiger partial charge in [0.15, 0.2) is 10.8 Å². The third-order valence-corrected chi connectivity index (χ3v) is 3.56. The number of ether oxygens (including phenoxy) is 1. The van der Waals surface area contributed by atoms with E-state index in [0.717, 1.165) is 0 Å². The van der Waals surface area contributed by atoms with E-state index in [4.69, 9.17) is 10.00 Å². The second-order valence-corrected chi connectivity index (χ2v) is 5.28. The molecule has 0 fully saturated rings. The number of rotatable bonds is 4. The first-order valence-electron chi connectivity index (χ1n) is 6.59.